The molecule has 0 aliphatic heterocycles. The number of rotatable bonds is 5. The van der Waals surface area contributed by atoms with Gasteiger partial charge in [-0.2, -0.15) is 9.36 Å². The van der Waals surface area contributed by atoms with Crippen LogP contribution in [0.3, 0.4) is 0 Å². The molecule has 1 amide bonds. The van der Waals surface area contributed by atoms with Crippen molar-refractivity contribution in [1.29, 1.82) is 0 Å². The second-order valence-corrected chi connectivity index (χ2v) is 7.27. The van der Waals surface area contributed by atoms with Gasteiger partial charge in [0.25, 0.3) is 5.91 Å². The molecule has 0 spiro atoms. The van der Waals surface area contributed by atoms with E-state index in [1.807, 2.05) is 30.3 Å². The smallest absolute Gasteiger partial charge is 0.258 e. The lowest BCUT2D eigenvalue weighted by Gasteiger charge is -2.03. The molecule has 0 bridgehead atoms. The van der Waals surface area contributed by atoms with Crippen LogP contribution in [0.1, 0.15) is 15.9 Å². The van der Waals surface area contributed by atoms with Gasteiger partial charge < -0.3 is 0 Å². The summed E-state index contributed by atoms with van der Waals surface area (Å²) in [5, 5.41) is 4.53. The number of anilines is 1. The van der Waals surface area contributed by atoms with Crippen LogP contribution in [-0.4, -0.2) is 15.3 Å². The number of carbonyl (C=O) groups excluding carboxylic acids is 1. The van der Waals surface area contributed by atoms with Gasteiger partial charge in [0, 0.05) is 22.3 Å². The molecule has 0 fully saturated rings. The van der Waals surface area contributed by atoms with E-state index in [9.17, 15) is 4.79 Å². The van der Waals surface area contributed by atoms with Crippen molar-refractivity contribution in [2.45, 2.75) is 10.9 Å². The molecule has 0 radical (unpaired) electrons. The van der Waals surface area contributed by atoms with Gasteiger partial charge >= 0.3 is 0 Å². The quantitative estimate of drug-likeness (QED) is 0.588. The van der Waals surface area contributed by atoms with Crippen LogP contribution in [0.25, 0.3) is 0 Å². The van der Waals surface area contributed by atoms with E-state index in [1.165, 1.54) is 23.4 Å². The van der Waals surface area contributed by atoms with Crippen LogP contribution in [0.15, 0.2) is 53.7 Å². The number of nitrogens with zero attached hydrogens (tertiary/aromatic N) is 2. The van der Waals surface area contributed by atoms with Crippen LogP contribution in [-0.2, 0) is 5.75 Å². The zero-order valence-corrected chi connectivity index (χ0v) is 15.3. The maximum atomic E-state index is 12.2. The zero-order chi connectivity index (χ0) is 16.9. The molecule has 24 heavy (non-hydrogen) atoms. The predicted molar refractivity (Wildman–Crippen MR) is 100 cm³/mol. The molecule has 2 aromatic carbocycles. The largest absolute Gasteiger partial charge is 0.297 e. The molecule has 3 aromatic rings. The molecule has 0 unspecified atom stereocenters. The van der Waals surface area contributed by atoms with Crippen molar-refractivity contribution in [2.75, 3.05) is 5.32 Å². The van der Waals surface area contributed by atoms with Crippen LogP contribution in [0.2, 0.25) is 10.0 Å². The minimum absolute atomic E-state index is 0.295. The van der Waals surface area contributed by atoms with Crippen molar-refractivity contribution < 1.29 is 4.79 Å². The Bertz CT molecular complexity index is 856. The molecule has 3 rings (SSSR count). The Morgan fingerprint density at radius 1 is 1.17 bits per heavy atom. The normalized spacial score (nSPS) is 10.6. The second-order valence-electron chi connectivity index (χ2n) is 4.73. The molecular weight excluding hydrogens is 385 g/mol. The number of carbonyl (C=O) groups is 1. The molecule has 1 heterocycles. The van der Waals surface area contributed by atoms with Gasteiger partial charge in [-0.25, -0.2) is 0 Å². The third-order valence-corrected chi connectivity index (χ3v) is 5.23. The van der Waals surface area contributed by atoms with Crippen molar-refractivity contribution in [3.8, 4) is 0 Å². The molecular formula is C16H11Cl2N3OS2. The first-order chi connectivity index (χ1) is 11.6. The highest BCUT2D eigenvalue weighted by atomic mass is 35.5. The fraction of sp³-hybridized carbons (Fsp3) is 0.0625. The van der Waals surface area contributed by atoms with Gasteiger partial charge in [-0.3, -0.25) is 10.1 Å². The minimum atomic E-state index is -0.340. The minimum Gasteiger partial charge on any atom is -0.297 e. The summed E-state index contributed by atoms with van der Waals surface area (Å²) in [6.45, 7) is 0. The number of amides is 1. The van der Waals surface area contributed by atoms with Gasteiger partial charge in [0.05, 0.1) is 10.6 Å². The maximum Gasteiger partial charge on any atom is 0.258 e. The summed E-state index contributed by atoms with van der Waals surface area (Å²) < 4.78 is 4.24. The highest BCUT2D eigenvalue weighted by Gasteiger charge is 2.13. The summed E-state index contributed by atoms with van der Waals surface area (Å²) in [7, 11) is 0. The van der Waals surface area contributed by atoms with E-state index in [1.54, 1.807) is 12.1 Å². The second kappa shape index (κ2) is 7.98. The molecule has 4 nitrogen and oxygen atoms in total. The average molecular weight is 396 g/mol. The molecule has 122 valence electrons. The van der Waals surface area contributed by atoms with E-state index in [2.05, 4.69) is 14.7 Å². The molecule has 8 heteroatoms. The van der Waals surface area contributed by atoms with Gasteiger partial charge in [-0.15, -0.1) is 0 Å². The molecule has 0 saturated heterocycles. The van der Waals surface area contributed by atoms with Gasteiger partial charge in [0.2, 0.25) is 10.3 Å². The van der Waals surface area contributed by atoms with E-state index in [4.69, 9.17) is 23.2 Å². The van der Waals surface area contributed by atoms with Gasteiger partial charge in [0.1, 0.15) is 0 Å². The topological polar surface area (TPSA) is 54.9 Å². The highest BCUT2D eigenvalue weighted by molar-refractivity contribution is 7.98. The first kappa shape index (κ1) is 17.2. The van der Waals surface area contributed by atoms with Crippen molar-refractivity contribution >= 4 is 57.5 Å². The summed E-state index contributed by atoms with van der Waals surface area (Å²) in [4.78, 5) is 16.5. The number of aromatic nitrogens is 2. The Morgan fingerprint density at radius 2 is 1.96 bits per heavy atom. The molecule has 0 saturated carbocycles. The van der Waals surface area contributed by atoms with Gasteiger partial charge in [-0.05, 0) is 23.8 Å². The van der Waals surface area contributed by atoms with Crippen molar-refractivity contribution in [3.05, 3.63) is 69.7 Å². The third-order valence-electron chi connectivity index (χ3n) is 3.01. The fourth-order valence-corrected chi connectivity index (χ4v) is 3.87. The van der Waals surface area contributed by atoms with E-state index < -0.39 is 0 Å². The lowest BCUT2D eigenvalue weighted by Crippen LogP contribution is -2.12. The Morgan fingerprint density at radius 3 is 2.71 bits per heavy atom. The van der Waals surface area contributed by atoms with Crippen LogP contribution < -0.4 is 5.32 Å². The van der Waals surface area contributed by atoms with E-state index >= 15 is 0 Å². The SMILES string of the molecule is O=C(Nc1nc(SCc2ccccc2)ns1)c1ccc(Cl)cc1Cl. The Kier molecular flexibility index (Phi) is 5.73. The third kappa shape index (κ3) is 4.48. The fourth-order valence-electron chi connectivity index (χ4n) is 1.88. The van der Waals surface area contributed by atoms with Gasteiger partial charge in [-0.1, -0.05) is 65.3 Å². The lowest BCUT2D eigenvalue weighted by atomic mass is 10.2. The molecule has 0 atom stereocenters. The summed E-state index contributed by atoms with van der Waals surface area (Å²) >= 11 is 14.5. The first-order valence-electron chi connectivity index (χ1n) is 6.88. The average Bonchev–Trinajstić information content (AvgIpc) is 3.01. The van der Waals surface area contributed by atoms with Crippen molar-refractivity contribution in [1.82, 2.24) is 9.36 Å². The summed E-state index contributed by atoms with van der Waals surface area (Å²) in [5.41, 5.74) is 1.53. The van der Waals surface area contributed by atoms with Crippen LogP contribution in [0.5, 0.6) is 0 Å². The molecule has 1 aromatic heterocycles. The molecule has 0 aliphatic rings. The summed E-state index contributed by atoms with van der Waals surface area (Å²) in [6, 6.07) is 14.8. The first-order valence-corrected chi connectivity index (χ1v) is 9.40. The zero-order valence-electron chi connectivity index (χ0n) is 12.2. The van der Waals surface area contributed by atoms with Crippen LogP contribution in [0, 0.1) is 0 Å². The van der Waals surface area contributed by atoms with E-state index in [-0.39, 0.29) is 5.91 Å². The number of thioether (sulfide) groups is 1. The van der Waals surface area contributed by atoms with Crippen molar-refractivity contribution in [2.24, 2.45) is 0 Å². The number of benzene rings is 2. The Balaban J connectivity index is 1.62. The van der Waals surface area contributed by atoms with Crippen LogP contribution in [0.4, 0.5) is 5.13 Å². The highest BCUT2D eigenvalue weighted by Crippen LogP contribution is 2.25. The van der Waals surface area contributed by atoms with E-state index in [0.717, 1.165) is 17.3 Å². The maximum absolute atomic E-state index is 12.2. The van der Waals surface area contributed by atoms with Gasteiger partial charge in [0.15, 0.2) is 0 Å². The number of hydrogen-bond donors (Lipinski definition) is 1. The van der Waals surface area contributed by atoms with E-state index in [0.29, 0.717) is 25.9 Å². The molecule has 0 aliphatic carbocycles. The van der Waals surface area contributed by atoms with Crippen LogP contribution >= 0.6 is 46.5 Å². The predicted octanol–water partition coefficient (Wildman–Crippen LogP) is 5.39. The summed E-state index contributed by atoms with van der Waals surface area (Å²) in [5.74, 6) is 0.431. The summed E-state index contributed by atoms with van der Waals surface area (Å²) in [6.07, 6.45) is 0. The van der Waals surface area contributed by atoms with Crippen molar-refractivity contribution in [3.63, 3.8) is 0 Å². The monoisotopic (exact) mass is 395 g/mol. The Hall–Kier alpha value is -1.60. The molecule has 1 N–H and O–H groups in total. The number of halogens is 2. The standard InChI is InChI=1S/C16H11Cl2N3OS2/c17-11-6-7-12(13(18)8-11)14(22)19-15-20-16(21-24-15)23-9-10-4-2-1-3-5-10/h1-8H,9H2,(H,19,20,21,22). The number of nitrogens with one attached hydrogen (secondary N) is 1. The lowest BCUT2D eigenvalue weighted by molar-refractivity contribution is 0.102. The number of hydrogen-bond acceptors (Lipinski definition) is 5. The Labute approximate surface area is 157 Å².